The highest BCUT2D eigenvalue weighted by atomic mass is 19.1. The quantitative estimate of drug-likeness (QED) is 0.791. The number of carbonyl (C=O) groups is 1. The van der Waals surface area contributed by atoms with Crippen LogP contribution >= 0.6 is 0 Å². The van der Waals surface area contributed by atoms with Gasteiger partial charge in [-0.2, -0.15) is 0 Å². The zero-order chi connectivity index (χ0) is 11.8. The number of nitrogens with two attached hydrogens (primary N) is 1. The molecule has 1 aromatic carbocycles. The summed E-state index contributed by atoms with van der Waals surface area (Å²) in [6, 6.07) is 6.07. The van der Waals surface area contributed by atoms with Crippen molar-refractivity contribution in [1.82, 2.24) is 0 Å². The predicted molar refractivity (Wildman–Crippen MR) is 57.3 cm³/mol. The molecule has 16 heavy (non-hydrogen) atoms. The van der Waals surface area contributed by atoms with E-state index < -0.39 is 5.54 Å². The lowest BCUT2D eigenvalue weighted by atomic mass is 10.1. The second-order valence-corrected chi connectivity index (χ2v) is 4.07. The van der Waals surface area contributed by atoms with Crippen LogP contribution in [0.25, 0.3) is 0 Å². The van der Waals surface area contributed by atoms with E-state index in [9.17, 15) is 9.18 Å². The topological polar surface area (TPSA) is 52.3 Å². The first-order chi connectivity index (χ1) is 7.58. The van der Waals surface area contributed by atoms with Gasteiger partial charge in [0.05, 0.1) is 6.61 Å². The van der Waals surface area contributed by atoms with Gasteiger partial charge in [0.2, 0.25) is 0 Å². The smallest absolute Gasteiger partial charge is 0.326 e. The molecule has 2 atom stereocenters. The van der Waals surface area contributed by atoms with E-state index in [2.05, 4.69) is 0 Å². The first-order valence-corrected chi connectivity index (χ1v) is 5.29. The number of benzene rings is 1. The average molecular weight is 223 g/mol. The van der Waals surface area contributed by atoms with Crippen molar-refractivity contribution in [1.29, 1.82) is 0 Å². The van der Waals surface area contributed by atoms with Crippen LogP contribution in [0.2, 0.25) is 0 Å². The molecule has 0 bridgehead atoms. The van der Waals surface area contributed by atoms with E-state index in [0.717, 1.165) is 5.56 Å². The fourth-order valence-electron chi connectivity index (χ4n) is 1.88. The number of carbonyl (C=O) groups excluding carboxylic acids is 1. The number of halogens is 1. The van der Waals surface area contributed by atoms with Gasteiger partial charge in [-0.3, -0.25) is 4.79 Å². The molecule has 0 aliphatic heterocycles. The minimum Gasteiger partial charge on any atom is -0.465 e. The van der Waals surface area contributed by atoms with Gasteiger partial charge in [-0.05, 0) is 31.0 Å². The summed E-state index contributed by atoms with van der Waals surface area (Å²) in [5, 5.41) is 0. The summed E-state index contributed by atoms with van der Waals surface area (Å²) in [7, 11) is 0. The van der Waals surface area contributed by atoms with E-state index in [1.165, 1.54) is 12.1 Å². The molecular weight excluding hydrogens is 209 g/mol. The van der Waals surface area contributed by atoms with Crippen LogP contribution in [0.4, 0.5) is 4.39 Å². The van der Waals surface area contributed by atoms with E-state index >= 15 is 0 Å². The Bertz CT molecular complexity index is 404. The summed E-state index contributed by atoms with van der Waals surface area (Å²) in [6.07, 6.45) is 0.567. The number of hydrogen-bond donors (Lipinski definition) is 1. The second kappa shape index (κ2) is 3.87. The Morgan fingerprint density at radius 3 is 2.75 bits per heavy atom. The molecule has 1 aliphatic rings. The maximum Gasteiger partial charge on any atom is 0.326 e. The SMILES string of the molecule is CCOC(=O)C1(N)CC1c1ccc(F)cc1. The van der Waals surface area contributed by atoms with E-state index in [4.69, 9.17) is 10.5 Å². The van der Waals surface area contributed by atoms with Crippen molar-refractivity contribution in [2.45, 2.75) is 24.8 Å². The Kier molecular flexibility index (Phi) is 2.68. The number of rotatable bonds is 3. The van der Waals surface area contributed by atoms with E-state index in [1.54, 1.807) is 19.1 Å². The van der Waals surface area contributed by atoms with Crippen LogP contribution in [0.3, 0.4) is 0 Å². The molecule has 0 saturated heterocycles. The zero-order valence-electron chi connectivity index (χ0n) is 9.07. The summed E-state index contributed by atoms with van der Waals surface area (Å²) >= 11 is 0. The van der Waals surface area contributed by atoms with Crippen molar-refractivity contribution in [3.63, 3.8) is 0 Å². The monoisotopic (exact) mass is 223 g/mol. The lowest BCUT2D eigenvalue weighted by Crippen LogP contribution is -2.36. The normalized spacial score (nSPS) is 27.6. The lowest BCUT2D eigenvalue weighted by molar-refractivity contribution is -0.145. The highest BCUT2D eigenvalue weighted by Crippen LogP contribution is 2.50. The van der Waals surface area contributed by atoms with Crippen LogP contribution in [-0.4, -0.2) is 18.1 Å². The second-order valence-electron chi connectivity index (χ2n) is 4.07. The van der Waals surface area contributed by atoms with E-state index in [0.29, 0.717) is 13.0 Å². The number of esters is 1. The van der Waals surface area contributed by atoms with Crippen molar-refractivity contribution in [3.8, 4) is 0 Å². The molecule has 2 rings (SSSR count). The van der Waals surface area contributed by atoms with Crippen molar-refractivity contribution >= 4 is 5.97 Å². The van der Waals surface area contributed by atoms with Crippen LogP contribution in [0.5, 0.6) is 0 Å². The Morgan fingerprint density at radius 2 is 2.19 bits per heavy atom. The van der Waals surface area contributed by atoms with Crippen LogP contribution in [0.15, 0.2) is 24.3 Å². The molecule has 0 amide bonds. The standard InChI is InChI=1S/C12H14FNO2/c1-2-16-11(15)12(14)7-10(12)8-3-5-9(13)6-4-8/h3-6,10H,2,7,14H2,1H3. The highest BCUT2D eigenvalue weighted by molar-refractivity contribution is 5.86. The third kappa shape index (κ3) is 1.80. The van der Waals surface area contributed by atoms with Crippen molar-refractivity contribution in [3.05, 3.63) is 35.6 Å². The van der Waals surface area contributed by atoms with Crippen molar-refractivity contribution in [2.24, 2.45) is 5.73 Å². The molecule has 2 unspecified atom stereocenters. The first kappa shape index (κ1) is 11.1. The molecule has 1 saturated carbocycles. The van der Waals surface area contributed by atoms with Gasteiger partial charge >= 0.3 is 5.97 Å². The molecule has 86 valence electrons. The molecule has 0 heterocycles. The first-order valence-electron chi connectivity index (χ1n) is 5.29. The summed E-state index contributed by atoms with van der Waals surface area (Å²) in [4.78, 5) is 11.6. The number of hydrogen-bond acceptors (Lipinski definition) is 3. The van der Waals surface area contributed by atoms with Gasteiger partial charge in [0, 0.05) is 5.92 Å². The minimum absolute atomic E-state index is 0.0489. The van der Waals surface area contributed by atoms with Crippen molar-refractivity contribution in [2.75, 3.05) is 6.61 Å². The maximum atomic E-state index is 12.7. The van der Waals surface area contributed by atoms with Crippen LogP contribution in [-0.2, 0) is 9.53 Å². The summed E-state index contributed by atoms with van der Waals surface area (Å²) in [5.74, 6) is -0.709. The third-order valence-electron chi connectivity index (χ3n) is 2.93. The molecule has 0 radical (unpaired) electrons. The molecule has 0 spiro atoms. The van der Waals surface area contributed by atoms with Crippen LogP contribution < -0.4 is 5.73 Å². The van der Waals surface area contributed by atoms with Gasteiger partial charge in [-0.1, -0.05) is 12.1 Å². The van der Waals surface area contributed by atoms with Gasteiger partial charge < -0.3 is 10.5 Å². The minimum atomic E-state index is -0.909. The van der Waals surface area contributed by atoms with Gasteiger partial charge in [-0.15, -0.1) is 0 Å². The van der Waals surface area contributed by atoms with Crippen molar-refractivity contribution < 1.29 is 13.9 Å². The summed E-state index contributed by atoms with van der Waals surface area (Å²) in [6.45, 7) is 2.07. The molecule has 1 fully saturated rings. The highest BCUT2D eigenvalue weighted by Gasteiger charge is 2.58. The lowest BCUT2D eigenvalue weighted by Gasteiger charge is -2.10. The molecule has 2 N–H and O–H groups in total. The molecular formula is C12H14FNO2. The van der Waals surface area contributed by atoms with Gasteiger partial charge in [0.25, 0.3) is 0 Å². The van der Waals surface area contributed by atoms with Gasteiger partial charge in [0.1, 0.15) is 11.4 Å². The van der Waals surface area contributed by atoms with Gasteiger partial charge in [-0.25, -0.2) is 4.39 Å². The third-order valence-corrected chi connectivity index (χ3v) is 2.93. The Morgan fingerprint density at radius 1 is 1.56 bits per heavy atom. The van der Waals surface area contributed by atoms with E-state index in [-0.39, 0.29) is 17.7 Å². The molecule has 0 aromatic heterocycles. The Labute approximate surface area is 93.4 Å². The molecule has 1 aliphatic carbocycles. The maximum absolute atomic E-state index is 12.7. The van der Waals surface area contributed by atoms with Crippen LogP contribution in [0, 0.1) is 5.82 Å². The van der Waals surface area contributed by atoms with Crippen LogP contribution in [0.1, 0.15) is 24.8 Å². The largest absolute Gasteiger partial charge is 0.465 e. The fraction of sp³-hybridized carbons (Fsp3) is 0.417. The molecule has 4 heteroatoms. The summed E-state index contributed by atoms with van der Waals surface area (Å²) in [5.41, 5.74) is 5.90. The Balaban J connectivity index is 2.10. The fourth-order valence-corrected chi connectivity index (χ4v) is 1.88. The average Bonchev–Trinajstić information content (AvgIpc) is 2.94. The predicted octanol–water partition coefficient (Wildman–Crippen LogP) is 1.57. The number of ether oxygens (including phenoxy) is 1. The molecule has 1 aromatic rings. The Hall–Kier alpha value is -1.42. The molecule has 3 nitrogen and oxygen atoms in total. The van der Waals surface area contributed by atoms with E-state index in [1.807, 2.05) is 0 Å². The van der Waals surface area contributed by atoms with Gasteiger partial charge in [0.15, 0.2) is 0 Å². The summed E-state index contributed by atoms with van der Waals surface area (Å²) < 4.78 is 17.6. The zero-order valence-corrected chi connectivity index (χ0v) is 9.07.